The van der Waals surface area contributed by atoms with E-state index in [9.17, 15) is 9.59 Å². The molecule has 1 fully saturated rings. The minimum atomic E-state index is -1.14. The number of carbonyl (C=O) groups excluding carboxylic acids is 1. The summed E-state index contributed by atoms with van der Waals surface area (Å²) in [4.78, 5) is 25.3. The van der Waals surface area contributed by atoms with Crippen LogP contribution in [0, 0.1) is 6.92 Å². The molecule has 1 aromatic heterocycles. The van der Waals surface area contributed by atoms with Crippen molar-refractivity contribution in [3.05, 3.63) is 11.4 Å². The van der Waals surface area contributed by atoms with Gasteiger partial charge >= 0.3 is 12.0 Å². The molecule has 0 atom stereocenters. The predicted octanol–water partition coefficient (Wildman–Crippen LogP) is 2.22. The Morgan fingerprint density at radius 3 is 2.29 bits per heavy atom. The van der Waals surface area contributed by atoms with E-state index in [1.165, 1.54) is 11.1 Å². The van der Waals surface area contributed by atoms with Crippen molar-refractivity contribution in [3.63, 3.8) is 0 Å². The number of anilines is 1. The number of carboxylic acid groups (broad SMARTS) is 1. The average Bonchev–Trinajstić information content (AvgIpc) is 2.66. The Morgan fingerprint density at radius 1 is 1.14 bits per heavy atom. The lowest BCUT2D eigenvalue weighted by molar-refractivity contribution is 0.0690. The van der Waals surface area contributed by atoms with Crippen LogP contribution in [-0.2, 0) is 7.05 Å². The second kappa shape index (κ2) is 6.60. The molecule has 1 aromatic rings. The fourth-order valence-corrected chi connectivity index (χ4v) is 2.54. The van der Waals surface area contributed by atoms with Crippen molar-refractivity contribution in [2.75, 3.05) is 18.4 Å². The van der Waals surface area contributed by atoms with E-state index in [2.05, 4.69) is 10.4 Å². The number of aromatic nitrogens is 2. The number of aromatic carboxylic acids is 1. The third-order valence-corrected chi connectivity index (χ3v) is 3.91. The van der Waals surface area contributed by atoms with Gasteiger partial charge in [-0.15, -0.1) is 0 Å². The molecule has 21 heavy (non-hydrogen) atoms. The van der Waals surface area contributed by atoms with Crippen LogP contribution in [-0.4, -0.2) is 44.9 Å². The minimum Gasteiger partial charge on any atom is -0.476 e. The molecule has 0 aliphatic carbocycles. The van der Waals surface area contributed by atoms with E-state index in [4.69, 9.17) is 5.11 Å². The van der Waals surface area contributed by atoms with Crippen LogP contribution < -0.4 is 5.32 Å². The quantitative estimate of drug-likeness (QED) is 0.875. The molecule has 1 aliphatic heterocycles. The molecular formula is C14H22N4O3. The second-order valence-electron chi connectivity index (χ2n) is 5.42. The second-order valence-corrected chi connectivity index (χ2v) is 5.42. The summed E-state index contributed by atoms with van der Waals surface area (Å²) in [6.45, 7) is 3.17. The lowest BCUT2D eigenvalue weighted by atomic mass is 10.1. The first-order valence-corrected chi connectivity index (χ1v) is 7.33. The maximum atomic E-state index is 12.4. The standard InChI is InChI=1S/C14H22N4O3/c1-10-11(12(13(19)20)16-17(10)2)15-14(21)18-8-6-4-3-5-7-9-18/h3-9H2,1-2H3,(H,15,21)(H,19,20). The molecule has 1 saturated heterocycles. The number of amides is 2. The lowest BCUT2D eigenvalue weighted by Crippen LogP contribution is -2.37. The zero-order valence-electron chi connectivity index (χ0n) is 12.6. The van der Waals surface area contributed by atoms with Crippen molar-refractivity contribution in [3.8, 4) is 0 Å². The van der Waals surface area contributed by atoms with Crippen LogP contribution in [0.15, 0.2) is 0 Å². The lowest BCUT2D eigenvalue weighted by Gasteiger charge is -2.25. The molecule has 2 N–H and O–H groups in total. The smallest absolute Gasteiger partial charge is 0.358 e. The number of likely N-dealkylation sites (tertiary alicyclic amines) is 1. The highest BCUT2D eigenvalue weighted by Gasteiger charge is 2.23. The fraction of sp³-hybridized carbons (Fsp3) is 0.643. The van der Waals surface area contributed by atoms with E-state index < -0.39 is 5.97 Å². The third-order valence-electron chi connectivity index (χ3n) is 3.91. The Bertz CT molecular complexity index is 531. The highest BCUT2D eigenvalue weighted by atomic mass is 16.4. The van der Waals surface area contributed by atoms with Crippen LogP contribution in [0.1, 0.15) is 48.3 Å². The number of carboxylic acids is 1. The number of aryl methyl sites for hydroxylation is 1. The molecule has 116 valence electrons. The van der Waals surface area contributed by atoms with Crippen molar-refractivity contribution in [2.24, 2.45) is 7.05 Å². The molecule has 0 aromatic carbocycles. The Balaban J connectivity index is 2.13. The van der Waals surface area contributed by atoms with E-state index in [0.717, 1.165) is 25.7 Å². The highest BCUT2D eigenvalue weighted by Crippen LogP contribution is 2.20. The topological polar surface area (TPSA) is 87.5 Å². The fourth-order valence-electron chi connectivity index (χ4n) is 2.54. The predicted molar refractivity (Wildman–Crippen MR) is 78.6 cm³/mol. The van der Waals surface area contributed by atoms with Crippen molar-refractivity contribution in [2.45, 2.75) is 39.0 Å². The Kier molecular flexibility index (Phi) is 4.82. The summed E-state index contributed by atoms with van der Waals surface area (Å²) in [5.41, 5.74) is 0.806. The van der Waals surface area contributed by atoms with Gasteiger partial charge in [-0.05, 0) is 19.8 Å². The van der Waals surface area contributed by atoms with Crippen LogP contribution in [0.4, 0.5) is 10.5 Å². The zero-order chi connectivity index (χ0) is 15.4. The summed E-state index contributed by atoms with van der Waals surface area (Å²) < 4.78 is 1.46. The molecule has 0 unspecified atom stereocenters. The van der Waals surface area contributed by atoms with E-state index in [0.29, 0.717) is 18.8 Å². The summed E-state index contributed by atoms with van der Waals surface area (Å²) in [7, 11) is 1.66. The zero-order valence-corrected chi connectivity index (χ0v) is 12.6. The molecule has 2 heterocycles. The van der Waals surface area contributed by atoms with Gasteiger partial charge in [-0.25, -0.2) is 9.59 Å². The van der Waals surface area contributed by atoms with Crippen LogP contribution in [0.2, 0.25) is 0 Å². The Labute approximate surface area is 123 Å². The van der Waals surface area contributed by atoms with Gasteiger partial charge in [0.15, 0.2) is 5.69 Å². The van der Waals surface area contributed by atoms with Crippen LogP contribution in [0.3, 0.4) is 0 Å². The first-order chi connectivity index (χ1) is 10.0. The molecule has 0 radical (unpaired) electrons. The molecule has 7 heteroatoms. The summed E-state index contributed by atoms with van der Waals surface area (Å²) in [5, 5.41) is 15.8. The Morgan fingerprint density at radius 2 is 1.71 bits per heavy atom. The SMILES string of the molecule is Cc1c(NC(=O)N2CCCCCCC2)c(C(=O)O)nn1C. The van der Waals surface area contributed by atoms with E-state index in [-0.39, 0.29) is 17.4 Å². The third kappa shape index (κ3) is 3.53. The monoisotopic (exact) mass is 294 g/mol. The molecule has 2 rings (SSSR count). The molecule has 1 aliphatic rings. The molecule has 7 nitrogen and oxygen atoms in total. The summed E-state index contributed by atoms with van der Waals surface area (Å²) in [5.74, 6) is -1.14. The maximum absolute atomic E-state index is 12.4. The first kappa shape index (κ1) is 15.3. The number of nitrogens with zero attached hydrogens (tertiary/aromatic N) is 3. The number of rotatable bonds is 2. The number of carbonyl (C=O) groups is 2. The van der Waals surface area contributed by atoms with Gasteiger partial charge in [0.05, 0.1) is 11.4 Å². The van der Waals surface area contributed by atoms with Gasteiger partial charge in [0, 0.05) is 20.1 Å². The van der Waals surface area contributed by atoms with Gasteiger partial charge in [-0.3, -0.25) is 4.68 Å². The number of nitrogens with one attached hydrogen (secondary N) is 1. The number of hydrogen-bond acceptors (Lipinski definition) is 3. The summed E-state index contributed by atoms with van der Waals surface area (Å²) in [6, 6.07) is -0.240. The molecule has 0 saturated carbocycles. The van der Waals surface area contributed by atoms with Crippen molar-refractivity contribution < 1.29 is 14.7 Å². The van der Waals surface area contributed by atoms with E-state index in [1.54, 1.807) is 18.9 Å². The summed E-state index contributed by atoms with van der Waals surface area (Å²) >= 11 is 0. The highest BCUT2D eigenvalue weighted by molar-refractivity contribution is 5.99. The van der Waals surface area contributed by atoms with Gasteiger partial charge in [0.1, 0.15) is 0 Å². The van der Waals surface area contributed by atoms with Crippen molar-refractivity contribution in [1.29, 1.82) is 0 Å². The maximum Gasteiger partial charge on any atom is 0.358 e. The Hall–Kier alpha value is -2.05. The van der Waals surface area contributed by atoms with Crippen LogP contribution in [0.5, 0.6) is 0 Å². The van der Waals surface area contributed by atoms with Crippen LogP contribution in [0.25, 0.3) is 0 Å². The van der Waals surface area contributed by atoms with Gasteiger partial charge in [-0.2, -0.15) is 5.10 Å². The van der Waals surface area contributed by atoms with Crippen molar-refractivity contribution in [1.82, 2.24) is 14.7 Å². The van der Waals surface area contributed by atoms with Gasteiger partial charge < -0.3 is 15.3 Å². The largest absolute Gasteiger partial charge is 0.476 e. The number of hydrogen-bond donors (Lipinski definition) is 2. The first-order valence-electron chi connectivity index (χ1n) is 7.33. The summed E-state index contributed by atoms with van der Waals surface area (Å²) in [6.07, 6.45) is 5.48. The van der Waals surface area contributed by atoms with Crippen molar-refractivity contribution >= 4 is 17.7 Å². The number of urea groups is 1. The van der Waals surface area contributed by atoms with E-state index in [1.807, 2.05) is 0 Å². The van der Waals surface area contributed by atoms with Gasteiger partial charge in [-0.1, -0.05) is 19.3 Å². The molecule has 0 bridgehead atoms. The van der Waals surface area contributed by atoms with Gasteiger partial charge in [0.2, 0.25) is 0 Å². The molecule has 2 amide bonds. The average molecular weight is 294 g/mol. The molecular weight excluding hydrogens is 272 g/mol. The van der Waals surface area contributed by atoms with Gasteiger partial charge in [0.25, 0.3) is 0 Å². The van der Waals surface area contributed by atoms with E-state index >= 15 is 0 Å². The normalized spacial score (nSPS) is 16.2. The minimum absolute atomic E-state index is 0.115. The molecule has 0 spiro atoms. The van der Waals surface area contributed by atoms with Crippen LogP contribution >= 0.6 is 0 Å².